The summed E-state index contributed by atoms with van der Waals surface area (Å²) in [6.45, 7) is 16.7. The van der Waals surface area contributed by atoms with Crippen LogP contribution in [0, 0.1) is 0 Å². The van der Waals surface area contributed by atoms with Crippen LogP contribution in [0.4, 0.5) is 11.4 Å². The van der Waals surface area contributed by atoms with Crippen molar-refractivity contribution in [1.29, 1.82) is 0 Å². The molecule has 1 aromatic heterocycles. The summed E-state index contributed by atoms with van der Waals surface area (Å²) in [6, 6.07) is 11.2. The standard InChI is InChI=1S/C30H41N7O3/c1-4-34-11-13-36(14-12-34)21-22-19-23(20-26(28(22)38)37-17-15-35(5-2)16-18-37)31-29(39)27-30(40-6-3)33-25-10-8-7-9-24(25)32-27/h7-10,19-20,38H,4-6,11-18,21H2,1-3H3,(H,31,39). The fourth-order valence-electron chi connectivity index (χ4n) is 5.48. The average molecular weight is 548 g/mol. The van der Waals surface area contributed by atoms with Crippen molar-refractivity contribution in [2.45, 2.75) is 27.3 Å². The third kappa shape index (κ3) is 6.29. The number of carbonyl (C=O) groups is 1. The average Bonchev–Trinajstić information content (AvgIpc) is 2.99. The van der Waals surface area contributed by atoms with Crippen molar-refractivity contribution in [3.8, 4) is 11.6 Å². The van der Waals surface area contributed by atoms with Gasteiger partial charge in [-0.15, -0.1) is 0 Å². The molecule has 40 heavy (non-hydrogen) atoms. The lowest BCUT2D eigenvalue weighted by molar-refractivity contribution is 0.101. The van der Waals surface area contributed by atoms with Gasteiger partial charge in [0.05, 0.1) is 23.3 Å². The molecule has 2 fully saturated rings. The first-order valence-corrected chi connectivity index (χ1v) is 14.5. The number of phenolic OH excluding ortho intramolecular Hbond substituents is 1. The van der Waals surface area contributed by atoms with Gasteiger partial charge >= 0.3 is 0 Å². The van der Waals surface area contributed by atoms with Gasteiger partial charge < -0.3 is 29.9 Å². The van der Waals surface area contributed by atoms with E-state index in [4.69, 9.17) is 4.74 Å². The Hall–Kier alpha value is -3.47. The minimum absolute atomic E-state index is 0.143. The zero-order chi connectivity index (χ0) is 28.1. The molecule has 2 N–H and O–H groups in total. The van der Waals surface area contributed by atoms with E-state index >= 15 is 0 Å². The number of amides is 1. The summed E-state index contributed by atoms with van der Waals surface area (Å²) >= 11 is 0. The summed E-state index contributed by atoms with van der Waals surface area (Å²) in [6.07, 6.45) is 0. The molecule has 3 aromatic rings. The van der Waals surface area contributed by atoms with Crippen molar-refractivity contribution < 1.29 is 14.6 Å². The second kappa shape index (κ2) is 12.8. The molecule has 0 aliphatic carbocycles. The summed E-state index contributed by atoms with van der Waals surface area (Å²) in [5.74, 6) is 0.112. The summed E-state index contributed by atoms with van der Waals surface area (Å²) < 4.78 is 5.71. The molecule has 2 aromatic carbocycles. The molecule has 5 rings (SSSR count). The Labute approximate surface area is 236 Å². The number of rotatable bonds is 9. The van der Waals surface area contributed by atoms with E-state index in [9.17, 15) is 9.90 Å². The van der Waals surface area contributed by atoms with E-state index in [0.717, 1.165) is 76.7 Å². The molecular formula is C30H41N7O3. The number of likely N-dealkylation sites (N-methyl/N-ethyl adjacent to an activating group) is 2. The van der Waals surface area contributed by atoms with E-state index in [1.165, 1.54) is 0 Å². The number of carbonyl (C=O) groups excluding carboxylic acids is 1. The summed E-state index contributed by atoms with van der Waals surface area (Å²) in [7, 11) is 0. The first-order chi connectivity index (χ1) is 19.5. The van der Waals surface area contributed by atoms with Gasteiger partial charge in [0.1, 0.15) is 5.75 Å². The lowest BCUT2D eigenvalue weighted by Crippen LogP contribution is -2.46. The Morgan fingerprint density at radius 3 is 2.10 bits per heavy atom. The third-order valence-corrected chi connectivity index (χ3v) is 7.93. The first-order valence-electron chi connectivity index (χ1n) is 14.5. The van der Waals surface area contributed by atoms with Crippen LogP contribution in [0.2, 0.25) is 0 Å². The number of fused-ring (bicyclic) bond motifs is 1. The predicted octanol–water partition coefficient (Wildman–Crippen LogP) is 3.27. The molecule has 214 valence electrons. The number of para-hydroxylation sites is 2. The van der Waals surface area contributed by atoms with E-state index in [0.29, 0.717) is 35.6 Å². The maximum Gasteiger partial charge on any atom is 0.279 e. The Balaban J connectivity index is 1.45. The normalized spacial score (nSPS) is 17.3. The van der Waals surface area contributed by atoms with Crippen LogP contribution in [0.15, 0.2) is 36.4 Å². The lowest BCUT2D eigenvalue weighted by Gasteiger charge is -2.37. The fourth-order valence-corrected chi connectivity index (χ4v) is 5.48. The molecular weight excluding hydrogens is 506 g/mol. The van der Waals surface area contributed by atoms with Crippen LogP contribution in [0.5, 0.6) is 11.6 Å². The van der Waals surface area contributed by atoms with Gasteiger partial charge in [-0.1, -0.05) is 26.0 Å². The fraction of sp³-hybridized carbons (Fsp3) is 0.500. The van der Waals surface area contributed by atoms with Crippen LogP contribution in [0.25, 0.3) is 11.0 Å². The molecule has 2 saturated heterocycles. The zero-order valence-corrected chi connectivity index (χ0v) is 23.9. The molecule has 3 heterocycles. The van der Waals surface area contributed by atoms with Gasteiger partial charge in [-0.05, 0) is 44.3 Å². The Morgan fingerprint density at radius 2 is 1.48 bits per heavy atom. The zero-order valence-electron chi connectivity index (χ0n) is 23.9. The lowest BCUT2D eigenvalue weighted by atomic mass is 10.1. The maximum absolute atomic E-state index is 13.6. The number of nitrogens with zero attached hydrogens (tertiary/aromatic N) is 6. The molecule has 0 bridgehead atoms. The quantitative estimate of drug-likeness (QED) is 0.391. The van der Waals surface area contributed by atoms with Crippen LogP contribution in [-0.4, -0.2) is 108 Å². The van der Waals surface area contributed by atoms with Gasteiger partial charge in [-0.2, -0.15) is 0 Å². The summed E-state index contributed by atoms with van der Waals surface area (Å²) in [5.41, 5.74) is 3.63. The van der Waals surface area contributed by atoms with Crippen molar-refractivity contribution in [3.63, 3.8) is 0 Å². The minimum Gasteiger partial charge on any atom is -0.505 e. The topological polar surface area (TPSA) is 97.3 Å². The smallest absolute Gasteiger partial charge is 0.279 e. The second-order valence-electron chi connectivity index (χ2n) is 10.4. The van der Waals surface area contributed by atoms with Crippen LogP contribution < -0.4 is 15.0 Å². The van der Waals surface area contributed by atoms with Gasteiger partial charge in [-0.25, -0.2) is 9.97 Å². The third-order valence-electron chi connectivity index (χ3n) is 7.93. The van der Waals surface area contributed by atoms with Crippen molar-refractivity contribution >= 4 is 28.3 Å². The molecule has 10 nitrogen and oxygen atoms in total. The summed E-state index contributed by atoms with van der Waals surface area (Å²) in [5, 5.41) is 14.5. The number of benzene rings is 2. The Kier molecular flexibility index (Phi) is 8.98. The maximum atomic E-state index is 13.6. The van der Waals surface area contributed by atoms with E-state index in [1.54, 1.807) is 0 Å². The Morgan fingerprint density at radius 1 is 0.875 bits per heavy atom. The monoisotopic (exact) mass is 547 g/mol. The van der Waals surface area contributed by atoms with Crippen LogP contribution in [0.3, 0.4) is 0 Å². The number of hydrogen-bond donors (Lipinski definition) is 2. The van der Waals surface area contributed by atoms with Gasteiger partial charge in [0.2, 0.25) is 5.88 Å². The van der Waals surface area contributed by atoms with E-state index < -0.39 is 5.91 Å². The van der Waals surface area contributed by atoms with E-state index in [-0.39, 0.29) is 11.6 Å². The van der Waals surface area contributed by atoms with E-state index in [2.05, 4.69) is 48.7 Å². The number of nitrogens with one attached hydrogen (secondary N) is 1. The number of anilines is 2. The molecule has 2 aliphatic rings. The van der Waals surface area contributed by atoms with Crippen molar-refractivity contribution in [2.24, 2.45) is 0 Å². The second-order valence-corrected chi connectivity index (χ2v) is 10.4. The molecule has 2 aliphatic heterocycles. The molecule has 1 amide bonds. The SMILES string of the molecule is CCOc1nc2ccccc2nc1C(=O)Nc1cc(CN2CCN(CC)CC2)c(O)c(N2CCN(CC)CC2)c1. The highest BCUT2D eigenvalue weighted by atomic mass is 16.5. The van der Waals surface area contributed by atoms with Crippen LogP contribution in [-0.2, 0) is 6.54 Å². The summed E-state index contributed by atoms with van der Waals surface area (Å²) in [4.78, 5) is 32.2. The van der Waals surface area contributed by atoms with Crippen LogP contribution in [0.1, 0.15) is 36.8 Å². The van der Waals surface area contributed by atoms with Crippen molar-refractivity contribution in [2.75, 3.05) is 82.3 Å². The molecule has 0 spiro atoms. The van der Waals surface area contributed by atoms with Gasteiger partial charge in [0.15, 0.2) is 5.69 Å². The number of aromatic nitrogens is 2. The predicted molar refractivity (Wildman–Crippen MR) is 158 cm³/mol. The highest BCUT2D eigenvalue weighted by molar-refractivity contribution is 6.05. The highest BCUT2D eigenvalue weighted by Crippen LogP contribution is 2.36. The van der Waals surface area contributed by atoms with E-state index in [1.807, 2.05) is 43.3 Å². The van der Waals surface area contributed by atoms with Gasteiger partial charge in [0, 0.05) is 70.2 Å². The number of piperazine rings is 2. The van der Waals surface area contributed by atoms with Gasteiger partial charge in [-0.3, -0.25) is 9.69 Å². The number of hydrogen-bond acceptors (Lipinski definition) is 9. The first kappa shape index (κ1) is 28.1. The van der Waals surface area contributed by atoms with Crippen LogP contribution >= 0.6 is 0 Å². The van der Waals surface area contributed by atoms with Crippen molar-refractivity contribution in [1.82, 2.24) is 24.7 Å². The van der Waals surface area contributed by atoms with Gasteiger partial charge in [0.25, 0.3) is 5.91 Å². The number of ether oxygens (including phenoxy) is 1. The number of phenols is 1. The molecule has 0 radical (unpaired) electrons. The van der Waals surface area contributed by atoms with Crippen molar-refractivity contribution in [3.05, 3.63) is 47.7 Å². The largest absolute Gasteiger partial charge is 0.505 e. The molecule has 0 saturated carbocycles. The minimum atomic E-state index is -0.392. The highest BCUT2D eigenvalue weighted by Gasteiger charge is 2.25. The molecule has 10 heteroatoms. The number of aromatic hydroxyl groups is 1. The molecule has 0 unspecified atom stereocenters. The Bertz CT molecular complexity index is 1320. The molecule has 0 atom stereocenters.